The van der Waals surface area contributed by atoms with Gasteiger partial charge in [-0.05, 0) is 14.0 Å². The molecule has 2 N–H and O–H groups in total. The molecule has 0 saturated heterocycles. The molecule has 0 aliphatic rings. The SMILES string of the molecule is COC(=O)/C=C/CN(C)C[C@@](C)(O)CO. The second-order valence-corrected chi connectivity index (χ2v) is 3.78. The van der Waals surface area contributed by atoms with Crippen LogP contribution in [0.5, 0.6) is 0 Å². The van der Waals surface area contributed by atoms with E-state index in [1.54, 1.807) is 24.9 Å². The van der Waals surface area contributed by atoms with E-state index in [-0.39, 0.29) is 6.61 Å². The second-order valence-electron chi connectivity index (χ2n) is 3.78. The van der Waals surface area contributed by atoms with Crippen LogP contribution in [0.4, 0.5) is 0 Å². The van der Waals surface area contributed by atoms with Gasteiger partial charge in [-0.1, -0.05) is 6.08 Å². The van der Waals surface area contributed by atoms with Crippen LogP contribution < -0.4 is 0 Å². The molecule has 0 heterocycles. The van der Waals surface area contributed by atoms with E-state index in [4.69, 9.17) is 5.11 Å². The van der Waals surface area contributed by atoms with Crippen LogP contribution in [0.1, 0.15) is 6.92 Å². The van der Waals surface area contributed by atoms with Gasteiger partial charge in [0.2, 0.25) is 0 Å². The van der Waals surface area contributed by atoms with E-state index >= 15 is 0 Å². The average molecular weight is 217 g/mol. The van der Waals surface area contributed by atoms with Crippen molar-refractivity contribution in [3.63, 3.8) is 0 Å². The third kappa shape index (κ3) is 7.07. The highest BCUT2D eigenvalue weighted by molar-refractivity contribution is 5.81. The van der Waals surface area contributed by atoms with Gasteiger partial charge in [-0.2, -0.15) is 0 Å². The monoisotopic (exact) mass is 217 g/mol. The maximum Gasteiger partial charge on any atom is 0.330 e. The summed E-state index contributed by atoms with van der Waals surface area (Å²) in [5.74, 6) is -0.405. The molecule has 0 amide bonds. The predicted octanol–water partition coefficient (Wildman–Crippen LogP) is -0.609. The van der Waals surface area contributed by atoms with E-state index in [0.29, 0.717) is 13.1 Å². The first-order valence-corrected chi connectivity index (χ1v) is 4.67. The Hall–Kier alpha value is -0.910. The molecule has 88 valence electrons. The van der Waals surface area contributed by atoms with Crippen LogP contribution in [-0.2, 0) is 9.53 Å². The van der Waals surface area contributed by atoms with Crippen LogP contribution in [0, 0.1) is 0 Å². The molecule has 1 atom stereocenters. The molecule has 0 fully saturated rings. The second kappa shape index (κ2) is 6.55. The highest BCUT2D eigenvalue weighted by Crippen LogP contribution is 2.03. The van der Waals surface area contributed by atoms with Crippen molar-refractivity contribution in [3.05, 3.63) is 12.2 Å². The van der Waals surface area contributed by atoms with Crippen molar-refractivity contribution in [3.8, 4) is 0 Å². The Balaban J connectivity index is 3.89. The Morgan fingerprint density at radius 1 is 1.60 bits per heavy atom. The number of carbonyl (C=O) groups excluding carboxylic acids is 1. The number of esters is 1. The molecule has 0 unspecified atom stereocenters. The van der Waals surface area contributed by atoms with Gasteiger partial charge in [0.05, 0.1) is 19.3 Å². The molecule has 0 rings (SSSR count). The van der Waals surface area contributed by atoms with Crippen molar-refractivity contribution >= 4 is 5.97 Å². The fourth-order valence-electron chi connectivity index (χ4n) is 1.09. The number of likely N-dealkylation sites (N-methyl/N-ethyl adjacent to an activating group) is 1. The normalized spacial score (nSPS) is 15.6. The van der Waals surface area contributed by atoms with Gasteiger partial charge in [0.15, 0.2) is 0 Å². The van der Waals surface area contributed by atoms with Crippen molar-refractivity contribution in [1.82, 2.24) is 4.90 Å². The Bertz CT molecular complexity index is 225. The van der Waals surface area contributed by atoms with Gasteiger partial charge in [-0.3, -0.25) is 4.90 Å². The summed E-state index contributed by atoms with van der Waals surface area (Å²) < 4.78 is 4.42. The average Bonchev–Trinajstić information content (AvgIpc) is 2.16. The van der Waals surface area contributed by atoms with Crippen molar-refractivity contribution < 1.29 is 19.7 Å². The topological polar surface area (TPSA) is 70.0 Å². The smallest absolute Gasteiger partial charge is 0.330 e. The molecular formula is C10H19NO4. The van der Waals surface area contributed by atoms with Gasteiger partial charge in [0.25, 0.3) is 0 Å². The van der Waals surface area contributed by atoms with Crippen LogP contribution in [0.15, 0.2) is 12.2 Å². The number of ether oxygens (including phenoxy) is 1. The summed E-state index contributed by atoms with van der Waals surface area (Å²) in [5, 5.41) is 18.4. The Labute approximate surface area is 90.0 Å². The van der Waals surface area contributed by atoms with Crippen molar-refractivity contribution in [2.75, 3.05) is 33.9 Å². The number of aliphatic hydroxyl groups is 2. The highest BCUT2D eigenvalue weighted by Gasteiger charge is 2.20. The third-order valence-electron chi connectivity index (χ3n) is 1.82. The molecule has 0 aromatic carbocycles. The predicted molar refractivity (Wildman–Crippen MR) is 56.4 cm³/mol. The molecule has 5 nitrogen and oxygen atoms in total. The van der Waals surface area contributed by atoms with Gasteiger partial charge in [-0.25, -0.2) is 4.79 Å². The standard InChI is InChI=1S/C10H19NO4/c1-10(14,8-12)7-11(2)6-4-5-9(13)15-3/h4-5,12,14H,6-8H2,1-3H3/b5-4+/t10-/m1/s1. The number of methoxy groups -OCH3 is 1. The summed E-state index contributed by atoms with van der Waals surface area (Å²) in [7, 11) is 3.10. The first-order chi connectivity index (χ1) is 6.91. The fraction of sp³-hybridized carbons (Fsp3) is 0.700. The number of nitrogens with zero attached hydrogens (tertiary/aromatic N) is 1. The summed E-state index contributed by atoms with van der Waals surface area (Å²) in [4.78, 5) is 12.5. The lowest BCUT2D eigenvalue weighted by molar-refractivity contribution is -0.134. The van der Waals surface area contributed by atoms with Gasteiger partial charge in [-0.15, -0.1) is 0 Å². The minimum Gasteiger partial charge on any atom is -0.466 e. The van der Waals surface area contributed by atoms with Crippen LogP contribution in [0.3, 0.4) is 0 Å². The Morgan fingerprint density at radius 2 is 2.20 bits per heavy atom. The van der Waals surface area contributed by atoms with Gasteiger partial charge in [0.1, 0.15) is 0 Å². The van der Waals surface area contributed by atoms with Crippen molar-refractivity contribution in [2.24, 2.45) is 0 Å². The largest absolute Gasteiger partial charge is 0.466 e. The van der Waals surface area contributed by atoms with Crippen LogP contribution in [0.2, 0.25) is 0 Å². The lowest BCUT2D eigenvalue weighted by Gasteiger charge is -2.26. The quantitative estimate of drug-likeness (QED) is 0.459. The Kier molecular flexibility index (Phi) is 6.15. The van der Waals surface area contributed by atoms with Gasteiger partial charge in [0, 0.05) is 19.2 Å². The van der Waals surface area contributed by atoms with Crippen LogP contribution in [-0.4, -0.2) is 60.5 Å². The van der Waals surface area contributed by atoms with Gasteiger partial charge < -0.3 is 14.9 Å². The molecule has 0 bridgehead atoms. The molecule has 0 aromatic rings. The number of hydrogen-bond acceptors (Lipinski definition) is 5. The molecule has 0 saturated carbocycles. The van der Waals surface area contributed by atoms with E-state index in [1.807, 2.05) is 0 Å². The first kappa shape index (κ1) is 14.1. The summed E-state index contributed by atoms with van der Waals surface area (Å²) in [6.45, 7) is 2.09. The van der Waals surface area contributed by atoms with E-state index in [0.717, 1.165) is 0 Å². The summed E-state index contributed by atoms with van der Waals surface area (Å²) >= 11 is 0. The van der Waals surface area contributed by atoms with Crippen LogP contribution >= 0.6 is 0 Å². The number of aliphatic hydroxyl groups excluding tert-OH is 1. The zero-order valence-corrected chi connectivity index (χ0v) is 9.43. The van der Waals surface area contributed by atoms with E-state index in [1.165, 1.54) is 13.2 Å². The summed E-state index contributed by atoms with van der Waals surface area (Å²) in [5.41, 5.74) is -1.12. The highest BCUT2D eigenvalue weighted by atomic mass is 16.5. The molecule has 15 heavy (non-hydrogen) atoms. The number of hydrogen-bond donors (Lipinski definition) is 2. The zero-order chi connectivity index (χ0) is 11.9. The van der Waals surface area contributed by atoms with Crippen molar-refractivity contribution in [2.45, 2.75) is 12.5 Å². The van der Waals surface area contributed by atoms with E-state index in [2.05, 4.69) is 4.74 Å². The maximum absolute atomic E-state index is 10.7. The minimum atomic E-state index is -1.12. The molecule has 0 aromatic heterocycles. The molecule has 5 heteroatoms. The number of rotatable bonds is 6. The van der Waals surface area contributed by atoms with Crippen LogP contribution in [0.25, 0.3) is 0 Å². The molecule has 0 aliphatic heterocycles. The third-order valence-corrected chi connectivity index (χ3v) is 1.82. The van der Waals surface area contributed by atoms with Gasteiger partial charge >= 0.3 is 5.97 Å². The lowest BCUT2D eigenvalue weighted by Crippen LogP contribution is -2.41. The van der Waals surface area contributed by atoms with E-state index in [9.17, 15) is 9.90 Å². The summed E-state index contributed by atoms with van der Waals surface area (Å²) in [6.07, 6.45) is 2.96. The molecule has 0 spiro atoms. The van der Waals surface area contributed by atoms with Crippen molar-refractivity contribution in [1.29, 1.82) is 0 Å². The minimum absolute atomic E-state index is 0.294. The Morgan fingerprint density at radius 3 is 2.67 bits per heavy atom. The van der Waals surface area contributed by atoms with E-state index < -0.39 is 11.6 Å². The lowest BCUT2D eigenvalue weighted by atomic mass is 10.1. The zero-order valence-electron chi connectivity index (χ0n) is 9.43. The fourth-order valence-corrected chi connectivity index (χ4v) is 1.09. The number of carbonyl (C=O) groups is 1. The first-order valence-electron chi connectivity index (χ1n) is 4.67. The molecular weight excluding hydrogens is 198 g/mol. The maximum atomic E-state index is 10.7. The molecule has 0 aliphatic carbocycles. The summed E-state index contributed by atoms with van der Waals surface area (Å²) in [6, 6.07) is 0. The molecule has 0 radical (unpaired) electrons.